The molecule has 0 atom stereocenters. The largest absolute Gasteiger partial charge is 0.348 e. The van der Waals surface area contributed by atoms with Crippen LogP contribution in [0.25, 0.3) is 0 Å². The van der Waals surface area contributed by atoms with Gasteiger partial charge in [0.2, 0.25) is 0 Å². The van der Waals surface area contributed by atoms with E-state index in [4.69, 9.17) is 0 Å². The lowest BCUT2D eigenvalue weighted by atomic mass is 9.94. The molecule has 140 valence electrons. The molecular weight excluding hydrogens is 336 g/mol. The number of fused-ring (bicyclic) bond motifs is 1. The Morgan fingerprint density at radius 2 is 1.81 bits per heavy atom. The Labute approximate surface area is 160 Å². The van der Waals surface area contributed by atoms with Crippen LogP contribution in [0.5, 0.6) is 0 Å². The quantitative estimate of drug-likeness (QED) is 0.885. The van der Waals surface area contributed by atoms with Crippen molar-refractivity contribution in [1.82, 2.24) is 10.2 Å². The SMILES string of the molecule is Cc1ccc(CNC(=O)c2cccc3c2C(=O)N(C2CCCCC2)C3)cc1. The highest BCUT2D eigenvalue weighted by Crippen LogP contribution is 2.32. The molecule has 2 aromatic rings. The molecule has 1 N–H and O–H groups in total. The van der Waals surface area contributed by atoms with E-state index in [1.54, 1.807) is 6.07 Å². The molecule has 2 aliphatic rings. The van der Waals surface area contributed by atoms with Gasteiger partial charge in [0.1, 0.15) is 0 Å². The van der Waals surface area contributed by atoms with Crippen LogP contribution < -0.4 is 5.32 Å². The first-order valence-corrected chi connectivity index (χ1v) is 9.90. The molecule has 0 saturated heterocycles. The van der Waals surface area contributed by atoms with Gasteiger partial charge in [-0.3, -0.25) is 9.59 Å². The predicted molar refractivity (Wildman–Crippen MR) is 106 cm³/mol. The Balaban J connectivity index is 1.50. The average molecular weight is 362 g/mol. The van der Waals surface area contributed by atoms with Crippen molar-refractivity contribution in [2.24, 2.45) is 0 Å². The second kappa shape index (κ2) is 7.55. The zero-order valence-electron chi connectivity index (χ0n) is 15.8. The molecule has 0 spiro atoms. The van der Waals surface area contributed by atoms with Crippen LogP contribution in [0.1, 0.15) is 69.5 Å². The van der Waals surface area contributed by atoms with Crippen LogP contribution in [0.2, 0.25) is 0 Å². The Bertz CT molecular complexity index is 851. The van der Waals surface area contributed by atoms with Crippen molar-refractivity contribution in [3.63, 3.8) is 0 Å². The number of benzene rings is 2. The molecule has 1 saturated carbocycles. The first-order chi connectivity index (χ1) is 13.1. The van der Waals surface area contributed by atoms with Crippen LogP contribution in [-0.2, 0) is 13.1 Å². The van der Waals surface area contributed by atoms with Gasteiger partial charge in [0.15, 0.2) is 0 Å². The fourth-order valence-corrected chi connectivity index (χ4v) is 4.24. The molecule has 1 aliphatic heterocycles. The number of nitrogens with zero attached hydrogens (tertiary/aromatic N) is 1. The first-order valence-electron chi connectivity index (χ1n) is 9.90. The summed E-state index contributed by atoms with van der Waals surface area (Å²) in [6.07, 6.45) is 5.80. The molecule has 4 nitrogen and oxygen atoms in total. The minimum atomic E-state index is -0.175. The van der Waals surface area contributed by atoms with Crippen LogP contribution in [-0.4, -0.2) is 22.8 Å². The number of nitrogens with one attached hydrogen (secondary N) is 1. The second-order valence-corrected chi connectivity index (χ2v) is 7.73. The fraction of sp³-hybridized carbons (Fsp3) is 0.391. The van der Waals surface area contributed by atoms with E-state index < -0.39 is 0 Å². The maximum atomic E-state index is 13.1. The number of rotatable bonds is 4. The molecule has 0 unspecified atom stereocenters. The highest BCUT2D eigenvalue weighted by molar-refractivity contribution is 6.09. The fourth-order valence-electron chi connectivity index (χ4n) is 4.24. The van der Waals surface area contributed by atoms with Gasteiger partial charge in [-0.15, -0.1) is 0 Å². The lowest BCUT2D eigenvalue weighted by molar-refractivity contribution is 0.0656. The van der Waals surface area contributed by atoms with E-state index >= 15 is 0 Å². The van der Waals surface area contributed by atoms with Gasteiger partial charge >= 0.3 is 0 Å². The van der Waals surface area contributed by atoms with Gasteiger partial charge in [0.05, 0.1) is 11.1 Å². The molecule has 0 aromatic heterocycles. The smallest absolute Gasteiger partial charge is 0.255 e. The lowest BCUT2D eigenvalue weighted by Crippen LogP contribution is -2.37. The van der Waals surface area contributed by atoms with Crippen LogP contribution in [0.3, 0.4) is 0 Å². The van der Waals surface area contributed by atoms with Gasteiger partial charge in [0.25, 0.3) is 11.8 Å². The topological polar surface area (TPSA) is 49.4 Å². The monoisotopic (exact) mass is 362 g/mol. The summed E-state index contributed by atoms with van der Waals surface area (Å²) < 4.78 is 0. The number of carbonyl (C=O) groups is 2. The summed E-state index contributed by atoms with van der Waals surface area (Å²) in [5.41, 5.74) is 4.33. The van der Waals surface area contributed by atoms with E-state index in [1.165, 1.54) is 24.8 Å². The van der Waals surface area contributed by atoms with Crippen molar-refractivity contribution in [3.05, 3.63) is 70.3 Å². The van der Waals surface area contributed by atoms with E-state index in [9.17, 15) is 9.59 Å². The van der Waals surface area contributed by atoms with Crippen LogP contribution in [0, 0.1) is 6.92 Å². The van der Waals surface area contributed by atoms with Crippen molar-refractivity contribution in [2.45, 2.75) is 58.2 Å². The molecule has 2 aromatic carbocycles. The van der Waals surface area contributed by atoms with Crippen molar-refractivity contribution in [2.75, 3.05) is 0 Å². The van der Waals surface area contributed by atoms with Gasteiger partial charge < -0.3 is 10.2 Å². The maximum Gasteiger partial charge on any atom is 0.255 e. The number of amides is 2. The molecule has 1 aliphatic carbocycles. The van der Waals surface area contributed by atoms with E-state index in [0.717, 1.165) is 24.0 Å². The highest BCUT2D eigenvalue weighted by Gasteiger charge is 2.35. The summed E-state index contributed by atoms with van der Waals surface area (Å²) in [6.45, 7) is 3.14. The van der Waals surface area contributed by atoms with Crippen molar-refractivity contribution >= 4 is 11.8 Å². The summed E-state index contributed by atoms with van der Waals surface area (Å²) in [6, 6.07) is 14.1. The first kappa shape index (κ1) is 17.8. The van der Waals surface area contributed by atoms with Crippen LogP contribution in [0.4, 0.5) is 0 Å². The highest BCUT2D eigenvalue weighted by atomic mass is 16.2. The maximum absolute atomic E-state index is 13.1. The van der Waals surface area contributed by atoms with E-state index in [2.05, 4.69) is 5.32 Å². The Kier molecular flexibility index (Phi) is 4.97. The predicted octanol–water partition coefficient (Wildman–Crippen LogP) is 4.21. The Morgan fingerprint density at radius 1 is 1.07 bits per heavy atom. The third-order valence-corrected chi connectivity index (χ3v) is 5.80. The van der Waals surface area contributed by atoms with Gasteiger partial charge in [-0.2, -0.15) is 0 Å². The summed E-state index contributed by atoms with van der Waals surface area (Å²) >= 11 is 0. The number of hydrogen-bond acceptors (Lipinski definition) is 2. The van der Waals surface area contributed by atoms with Crippen LogP contribution in [0.15, 0.2) is 42.5 Å². The number of carbonyl (C=O) groups excluding carboxylic acids is 2. The molecule has 0 bridgehead atoms. The minimum Gasteiger partial charge on any atom is -0.348 e. The molecule has 0 radical (unpaired) electrons. The van der Waals surface area contributed by atoms with Crippen LogP contribution >= 0.6 is 0 Å². The summed E-state index contributed by atoms with van der Waals surface area (Å²) in [5.74, 6) is -0.149. The van der Waals surface area contributed by atoms with Crippen molar-refractivity contribution in [1.29, 1.82) is 0 Å². The molecule has 4 rings (SSSR count). The lowest BCUT2D eigenvalue weighted by Gasteiger charge is -2.30. The Hall–Kier alpha value is -2.62. The summed E-state index contributed by atoms with van der Waals surface area (Å²) in [5, 5.41) is 2.97. The Morgan fingerprint density at radius 3 is 2.56 bits per heavy atom. The molecule has 1 heterocycles. The number of hydrogen-bond donors (Lipinski definition) is 1. The summed E-state index contributed by atoms with van der Waals surface area (Å²) in [4.78, 5) is 27.9. The average Bonchev–Trinajstić information content (AvgIpc) is 3.05. The standard InChI is InChI=1S/C23H26N2O2/c1-16-10-12-17(13-11-16)14-24-22(26)20-9-5-6-18-15-25(23(27)21(18)20)19-7-3-2-4-8-19/h5-6,9-13,19H,2-4,7-8,14-15H2,1H3,(H,24,26). The van der Waals surface area contributed by atoms with Crippen molar-refractivity contribution < 1.29 is 9.59 Å². The van der Waals surface area contributed by atoms with Gasteiger partial charge in [-0.1, -0.05) is 61.2 Å². The zero-order valence-corrected chi connectivity index (χ0v) is 15.8. The van der Waals surface area contributed by atoms with E-state index in [1.807, 2.05) is 48.2 Å². The van der Waals surface area contributed by atoms with Gasteiger partial charge in [-0.25, -0.2) is 0 Å². The van der Waals surface area contributed by atoms with E-state index in [-0.39, 0.29) is 11.8 Å². The van der Waals surface area contributed by atoms with Crippen molar-refractivity contribution in [3.8, 4) is 0 Å². The van der Waals surface area contributed by atoms with Gasteiger partial charge in [0, 0.05) is 19.1 Å². The molecule has 1 fully saturated rings. The third kappa shape index (κ3) is 3.61. The molecule has 4 heteroatoms. The van der Waals surface area contributed by atoms with E-state index in [0.29, 0.717) is 30.3 Å². The summed E-state index contributed by atoms with van der Waals surface area (Å²) in [7, 11) is 0. The molecule has 2 amide bonds. The second-order valence-electron chi connectivity index (χ2n) is 7.73. The normalized spacial score (nSPS) is 17.1. The zero-order chi connectivity index (χ0) is 18.8. The van der Waals surface area contributed by atoms with Gasteiger partial charge in [-0.05, 0) is 37.0 Å². The number of aryl methyl sites for hydroxylation is 1. The minimum absolute atomic E-state index is 0.0259. The third-order valence-electron chi connectivity index (χ3n) is 5.80. The molecular formula is C23H26N2O2. The molecule has 27 heavy (non-hydrogen) atoms.